The smallest absolute Gasteiger partial charge is 0.322 e. The van der Waals surface area contributed by atoms with Crippen LogP contribution in [0, 0.1) is 11.8 Å². The summed E-state index contributed by atoms with van der Waals surface area (Å²) in [6.45, 7) is 5.62. The molecule has 2 amide bonds. The number of aliphatic carboxylic acids is 1. The number of carbonyl (C=O) groups is 3. The average Bonchev–Trinajstić information content (AvgIpc) is 2.53. The van der Waals surface area contributed by atoms with Crippen molar-refractivity contribution in [3.8, 4) is 0 Å². The van der Waals surface area contributed by atoms with Gasteiger partial charge in [0.1, 0.15) is 6.54 Å². The van der Waals surface area contributed by atoms with Gasteiger partial charge in [0, 0.05) is 11.6 Å². The maximum Gasteiger partial charge on any atom is 0.322 e. The zero-order chi connectivity index (χ0) is 17.4. The fraction of sp³-hybridized carbons (Fsp3) is 0.471. The summed E-state index contributed by atoms with van der Waals surface area (Å²) < 4.78 is 0. The summed E-state index contributed by atoms with van der Waals surface area (Å²) in [7, 11) is 0. The quantitative estimate of drug-likeness (QED) is 0.683. The molecule has 0 fully saturated rings. The number of amides is 2. The van der Waals surface area contributed by atoms with E-state index in [9.17, 15) is 14.4 Å². The second kappa shape index (κ2) is 8.92. The van der Waals surface area contributed by atoms with Gasteiger partial charge in [0.15, 0.2) is 0 Å². The number of nitrogens with one attached hydrogen (secondary N) is 2. The third-order valence-corrected chi connectivity index (χ3v) is 3.93. The van der Waals surface area contributed by atoms with Crippen molar-refractivity contribution < 1.29 is 19.5 Å². The molecule has 0 aliphatic heterocycles. The molecule has 0 bridgehead atoms. The highest BCUT2D eigenvalue weighted by Crippen LogP contribution is 2.17. The molecular weight excluding hydrogens is 296 g/mol. The predicted molar refractivity (Wildman–Crippen MR) is 88.0 cm³/mol. The normalized spacial score (nSPS) is 13.0. The van der Waals surface area contributed by atoms with E-state index in [0.29, 0.717) is 11.6 Å². The van der Waals surface area contributed by atoms with E-state index in [2.05, 4.69) is 17.6 Å². The van der Waals surface area contributed by atoms with Crippen LogP contribution >= 0.6 is 0 Å². The van der Waals surface area contributed by atoms with E-state index in [-0.39, 0.29) is 30.7 Å². The van der Waals surface area contributed by atoms with Gasteiger partial charge in [-0.05, 0) is 23.6 Å². The zero-order valence-electron chi connectivity index (χ0n) is 13.8. The fourth-order valence-corrected chi connectivity index (χ4v) is 2.00. The van der Waals surface area contributed by atoms with Crippen molar-refractivity contribution in [2.24, 2.45) is 11.8 Å². The van der Waals surface area contributed by atoms with E-state index in [1.54, 1.807) is 24.3 Å². The Morgan fingerprint density at radius 1 is 1.13 bits per heavy atom. The van der Waals surface area contributed by atoms with Gasteiger partial charge in [-0.3, -0.25) is 14.4 Å². The molecule has 3 N–H and O–H groups in total. The lowest BCUT2D eigenvalue weighted by atomic mass is 9.93. The highest BCUT2D eigenvalue weighted by molar-refractivity contribution is 5.92. The molecule has 6 heteroatoms. The summed E-state index contributed by atoms with van der Waals surface area (Å²) in [5.41, 5.74) is 1.43. The summed E-state index contributed by atoms with van der Waals surface area (Å²) in [6.07, 6.45) is 1.05. The molecule has 126 valence electrons. The van der Waals surface area contributed by atoms with E-state index < -0.39 is 5.97 Å². The van der Waals surface area contributed by atoms with Gasteiger partial charge in [0.25, 0.3) is 0 Å². The lowest BCUT2D eigenvalue weighted by Gasteiger charge is -2.17. The van der Waals surface area contributed by atoms with Crippen LogP contribution in [0.1, 0.15) is 32.8 Å². The van der Waals surface area contributed by atoms with Crippen molar-refractivity contribution in [1.29, 1.82) is 0 Å². The maximum absolute atomic E-state index is 12.1. The molecule has 0 saturated carbocycles. The fourth-order valence-electron chi connectivity index (χ4n) is 2.00. The minimum Gasteiger partial charge on any atom is -0.480 e. The first-order valence-electron chi connectivity index (χ1n) is 7.71. The van der Waals surface area contributed by atoms with Gasteiger partial charge in [0.2, 0.25) is 11.8 Å². The first-order valence-corrected chi connectivity index (χ1v) is 7.71. The van der Waals surface area contributed by atoms with Gasteiger partial charge in [-0.25, -0.2) is 0 Å². The van der Waals surface area contributed by atoms with Crippen LogP contribution in [0.4, 0.5) is 5.69 Å². The summed E-state index contributed by atoms with van der Waals surface area (Å²) in [5, 5.41) is 13.7. The lowest BCUT2D eigenvalue weighted by Crippen LogP contribution is -2.30. The second-order valence-electron chi connectivity index (χ2n) is 5.71. The third-order valence-electron chi connectivity index (χ3n) is 3.93. The van der Waals surface area contributed by atoms with Gasteiger partial charge in [-0.15, -0.1) is 0 Å². The Morgan fingerprint density at radius 2 is 1.74 bits per heavy atom. The van der Waals surface area contributed by atoms with Gasteiger partial charge in [0.05, 0.1) is 6.42 Å². The number of hydrogen-bond donors (Lipinski definition) is 3. The van der Waals surface area contributed by atoms with Crippen molar-refractivity contribution in [2.45, 2.75) is 33.6 Å². The molecule has 6 nitrogen and oxygen atoms in total. The average molecular weight is 320 g/mol. The molecule has 0 saturated heterocycles. The van der Waals surface area contributed by atoms with Crippen LogP contribution in [0.5, 0.6) is 0 Å². The number of anilines is 1. The summed E-state index contributed by atoms with van der Waals surface area (Å²) in [6, 6.07) is 6.95. The molecule has 0 aromatic heterocycles. The molecule has 1 aromatic rings. The highest BCUT2D eigenvalue weighted by Gasteiger charge is 2.18. The number of carboxylic acids is 1. The monoisotopic (exact) mass is 320 g/mol. The molecule has 1 aromatic carbocycles. The second-order valence-corrected chi connectivity index (χ2v) is 5.71. The summed E-state index contributed by atoms with van der Waals surface area (Å²) in [5.74, 6) is -1.21. The van der Waals surface area contributed by atoms with E-state index in [1.807, 2.05) is 13.8 Å². The molecule has 0 heterocycles. The number of carbonyl (C=O) groups excluding carboxylic acids is 2. The third kappa shape index (κ3) is 6.50. The molecule has 23 heavy (non-hydrogen) atoms. The van der Waals surface area contributed by atoms with Crippen LogP contribution in [0.15, 0.2) is 24.3 Å². The Labute approximate surface area is 136 Å². The van der Waals surface area contributed by atoms with E-state index in [0.717, 1.165) is 12.0 Å². The van der Waals surface area contributed by atoms with Crippen LogP contribution in [-0.2, 0) is 20.8 Å². The molecule has 1 rings (SSSR count). The largest absolute Gasteiger partial charge is 0.480 e. The Kier molecular flexibility index (Phi) is 7.25. The van der Waals surface area contributed by atoms with E-state index >= 15 is 0 Å². The lowest BCUT2D eigenvalue weighted by molar-refractivity contribution is -0.137. The molecule has 0 aliphatic rings. The Balaban J connectivity index is 2.55. The topological polar surface area (TPSA) is 95.5 Å². The van der Waals surface area contributed by atoms with Crippen LogP contribution < -0.4 is 10.6 Å². The first-order chi connectivity index (χ1) is 10.8. The van der Waals surface area contributed by atoms with Crippen LogP contribution in [0.25, 0.3) is 0 Å². The minimum absolute atomic E-state index is 0.0219. The Morgan fingerprint density at radius 3 is 2.26 bits per heavy atom. The molecule has 0 radical (unpaired) electrons. The molecular formula is C17H24N2O4. The van der Waals surface area contributed by atoms with Gasteiger partial charge in [-0.2, -0.15) is 0 Å². The van der Waals surface area contributed by atoms with Gasteiger partial charge < -0.3 is 15.7 Å². The van der Waals surface area contributed by atoms with Gasteiger partial charge in [-0.1, -0.05) is 39.3 Å². The van der Waals surface area contributed by atoms with E-state index in [4.69, 9.17) is 5.11 Å². The van der Waals surface area contributed by atoms with Crippen molar-refractivity contribution in [2.75, 3.05) is 11.9 Å². The summed E-state index contributed by atoms with van der Waals surface area (Å²) >= 11 is 0. The molecule has 2 unspecified atom stereocenters. The standard InChI is InChI=1S/C17H24N2O4/c1-4-11(2)12(3)17(23)19-14-7-5-13(6-8-14)9-15(20)18-10-16(21)22/h5-8,11-12H,4,9-10H2,1-3H3,(H,18,20)(H,19,23)(H,21,22). The van der Waals surface area contributed by atoms with Crippen molar-refractivity contribution in [3.05, 3.63) is 29.8 Å². The first kappa shape index (κ1) is 18.7. The number of carboxylic acid groups (broad SMARTS) is 1. The maximum atomic E-state index is 12.1. The SMILES string of the molecule is CCC(C)C(C)C(=O)Nc1ccc(CC(=O)NCC(=O)O)cc1. The summed E-state index contributed by atoms with van der Waals surface area (Å²) in [4.78, 5) is 34.0. The molecule has 2 atom stereocenters. The van der Waals surface area contributed by atoms with Crippen LogP contribution in [0.2, 0.25) is 0 Å². The molecule has 0 aliphatic carbocycles. The van der Waals surface area contributed by atoms with Crippen LogP contribution in [-0.4, -0.2) is 29.4 Å². The number of benzene rings is 1. The number of hydrogen-bond acceptors (Lipinski definition) is 3. The van der Waals surface area contributed by atoms with Crippen LogP contribution in [0.3, 0.4) is 0 Å². The Bertz CT molecular complexity index is 554. The van der Waals surface area contributed by atoms with Crippen molar-refractivity contribution in [3.63, 3.8) is 0 Å². The Hall–Kier alpha value is -2.37. The van der Waals surface area contributed by atoms with Gasteiger partial charge >= 0.3 is 5.97 Å². The predicted octanol–water partition coefficient (Wildman–Crippen LogP) is 2.05. The zero-order valence-corrected chi connectivity index (χ0v) is 13.8. The number of rotatable bonds is 8. The van der Waals surface area contributed by atoms with E-state index in [1.165, 1.54) is 0 Å². The minimum atomic E-state index is -1.08. The van der Waals surface area contributed by atoms with Crippen molar-refractivity contribution >= 4 is 23.5 Å². The highest BCUT2D eigenvalue weighted by atomic mass is 16.4. The molecule has 0 spiro atoms. The van der Waals surface area contributed by atoms with Crippen molar-refractivity contribution in [1.82, 2.24) is 5.32 Å².